The Labute approximate surface area is 220 Å². The summed E-state index contributed by atoms with van der Waals surface area (Å²) in [5.41, 5.74) is 1.91. The van der Waals surface area contributed by atoms with Gasteiger partial charge < -0.3 is 19.8 Å². The highest BCUT2D eigenvalue weighted by molar-refractivity contribution is 6.30. The Morgan fingerprint density at radius 1 is 1.08 bits per heavy atom. The molecule has 2 heterocycles. The van der Waals surface area contributed by atoms with Crippen LogP contribution in [0, 0.1) is 0 Å². The fraction of sp³-hybridized carbons (Fsp3) is 0.222. The summed E-state index contributed by atoms with van der Waals surface area (Å²) in [5, 5.41) is 4.32. The number of carbonyl (C=O) groups is 2. The predicted molar refractivity (Wildman–Crippen MR) is 136 cm³/mol. The number of alkyl halides is 3. The first-order valence-corrected chi connectivity index (χ1v) is 12.0. The van der Waals surface area contributed by atoms with Crippen molar-refractivity contribution in [2.75, 3.05) is 18.5 Å². The molecule has 2 aromatic heterocycles. The van der Waals surface area contributed by atoms with E-state index in [9.17, 15) is 22.8 Å². The van der Waals surface area contributed by atoms with Crippen LogP contribution in [0.1, 0.15) is 29.9 Å². The van der Waals surface area contributed by atoms with Crippen molar-refractivity contribution in [1.82, 2.24) is 9.97 Å². The predicted octanol–water partition coefficient (Wildman–Crippen LogP) is 6.25. The molecular weight excluding hydrogens is 523 g/mol. The summed E-state index contributed by atoms with van der Waals surface area (Å²) >= 11 is 6.12. The maximum atomic E-state index is 12.6. The zero-order chi connectivity index (χ0) is 27.1. The number of rotatable bonds is 10. The molecule has 2 N–H and O–H groups in total. The number of hydrogen-bond acceptors (Lipinski definition) is 6. The van der Waals surface area contributed by atoms with Gasteiger partial charge in [-0.25, -0.2) is 9.78 Å². The van der Waals surface area contributed by atoms with Gasteiger partial charge >= 0.3 is 18.1 Å². The van der Waals surface area contributed by atoms with Crippen molar-refractivity contribution >= 4 is 40.3 Å². The molecule has 2 aromatic carbocycles. The van der Waals surface area contributed by atoms with Crippen LogP contribution < -0.4 is 10.1 Å². The number of hydrogen-bond donors (Lipinski definition) is 2. The second kappa shape index (κ2) is 12.0. The van der Waals surface area contributed by atoms with Crippen molar-refractivity contribution in [2.24, 2.45) is 0 Å². The van der Waals surface area contributed by atoms with Crippen molar-refractivity contribution < 1.29 is 32.2 Å². The lowest BCUT2D eigenvalue weighted by Gasteiger charge is -2.17. The molecule has 4 rings (SSSR count). The maximum Gasteiger partial charge on any atom is 0.491 e. The third-order valence-electron chi connectivity index (χ3n) is 5.68. The summed E-state index contributed by atoms with van der Waals surface area (Å²) in [6, 6.07) is 17.6. The first kappa shape index (κ1) is 27.0. The molecule has 1 unspecified atom stereocenters. The van der Waals surface area contributed by atoms with Crippen LogP contribution >= 0.6 is 11.6 Å². The minimum absolute atomic E-state index is 0.389. The van der Waals surface area contributed by atoms with Crippen LogP contribution in [0.15, 0.2) is 73.1 Å². The van der Waals surface area contributed by atoms with Gasteiger partial charge in [0.15, 0.2) is 0 Å². The zero-order valence-electron chi connectivity index (χ0n) is 19.9. The highest BCUT2D eigenvalue weighted by atomic mass is 35.5. The second-order valence-electron chi connectivity index (χ2n) is 8.37. The summed E-state index contributed by atoms with van der Waals surface area (Å²) in [5.74, 6) is -3.17. The number of halogens is 4. The fourth-order valence-corrected chi connectivity index (χ4v) is 4.15. The Hall–Kier alpha value is -4.05. The number of benzene rings is 2. The summed E-state index contributed by atoms with van der Waals surface area (Å²) < 4.78 is 47.6. The van der Waals surface area contributed by atoms with Crippen molar-refractivity contribution in [2.45, 2.75) is 24.9 Å². The third kappa shape index (κ3) is 7.04. The first-order valence-electron chi connectivity index (χ1n) is 11.7. The Kier molecular flexibility index (Phi) is 8.52. The Morgan fingerprint density at radius 2 is 1.92 bits per heavy atom. The largest absolute Gasteiger partial charge is 0.493 e. The van der Waals surface area contributed by atoms with Gasteiger partial charge in [-0.2, -0.15) is 13.2 Å². The summed E-state index contributed by atoms with van der Waals surface area (Å²) in [4.78, 5) is 30.8. The van der Waals surface area contributed by atoms with Crippen LogP contribution in [-0.4, -0.2) is 41.2 Å². The molecule has 0 aliphatic rings. The minimum Gasteiger partial charge on any atom is -0.493 e. The number of H-pyrrole nitrogens is 1. The molecule has 4 aromatic rings. The van der Waals surface area contributed by atoms with Gasteiger partial charge in [-0.1, -0.05) is 29.8 Å². The number of esters is 2. The topological polar surface area (TPSA) is 93.3 Å². The Bertz CT molecular complexity index is 1410. The number of nitrogens with zero attached hydrogens (tertiary/aromatic N) is 1. The highest BCUT2D eigenvalue weighted by Crippen LogP contribution is 2.36. The molecule has 38 heavy (non-hydrogen) atoms. The molecule has 0 fully saturated rings. The smallest absolute Gasteiger partial charge is 0.491 e. The molecule has 7 nitrogen and oxygen atoms in total. The van der Waals surface area contributed by atoms with E-state index in [1.165, 1.54) is 0 Å². The van der Waals surface area contributed by atoms with Crippen LogP contribution in [0.2, 0.25) is 5.02 Å². The first-order chi connectivity index (χ1) is 18.2. The summed E-state index contributed by atoms with van der Waals surface area (Å²) in [6.45, 7) is 1.14. The van der Waals surface area contributed by atoms with Gasteiger partial charge in [0.2, 0.25) is 0 Å². The number of pyridine rings is 1. The Morgan fingerprint density at radius 3 is 2.66 bits per heavy atom. The van der Waals surface area contributed by atoms with E-state index >= 15 is 0 Å². The van der Waals surface area contributed by atoms with E-state index in [1.807, 2.05) is 18.2 Å². The van der Waals surface area contributed by atoms with Crippen LogP contribution in [0.3, 0.4) is 0 Å². The van der Waals surface area contributed by atoms with Crippen LogP contribution in [0.25, 0.3) is 10.9 Å². The van der Waals surface area contributed by atoms with E-state index in [2.05, 4.69) is 20.0 Å². The lowest BCUT2D eigenvalue weighted by molar-refractivity contribution is -0.201. The normalized spacial score (nSPS) is 12.2. The Balaban J connectivity index is 1.47. The lowest BCUT2D eigenvalue weighted by Crippen LogP contribution is -2.28. The molecule has 0 radical (unpaired) electrons. The SMILES string of the molecule is O=C(CC(c1cccc(Cl)c1)c1c[nH]c2cc(OCCCNc3ccccn3)ccc12)OC(=O)C(F)(F)F. The number of anilines is 1. The molecule has 11 heteroatoms. The van der Waals surface area contributed by atoms with Crippen molar-refractivity contribution in [1.29, 1.82) is 0 Å². The van der Waals surface area contributed by atoms with Crippen LogP contribution in [-0.2, 0) is 14.3 Å². The van der Waals surface area contributed by atoms with Gasteiger partial charge in [0.25, 0.3) is 0 Å². The number of aromatic amines is 1. The van der Waals surface area contributed by atoms with Crippen molar-refractivity contribution in [3.05, 3.63) is 89.2 Å². The third-order valence-corrected chi connectivity index (χ3v) is 5.92. The standard InChI is InChI=1S/C27H23ClF3N3O4/c28-18-6-3-5-17(13-18)21(15-25(35)38-26(36)27(29,30)31)22-16-34-23-14-19(8-9-20(22)23)37-12-4-11-33-24-7-1-2-10-32-24/h1-3,5-10,13-14,16,21,34H,4,11-12,15H2,(H,32,33). The van der Waals surface area contributed by atoms with E-state index < -0.39 is 30.5 Å². The molecule has 0 bridgehead atoms. The number of fused-ring (bicyclic) bond motifs is 1. The van der Waals surface area contributed by atoms with Crippen molar-refractivity contribution in [3.8, 4) is 5.75 Å². The second-order valence-corrected chi connectivity index (χ2v) is 8.80. The molecule has 0 aliphatic heterocycles. The molecule has 0 saturated heterocycles. The molecular formula is C27H23ClF3N3O4. The van der Waals surface area contributed by atoms with E-state index in [4.69, 9.17) is 16.3 Å². The number of ether oxygens (including phenoxy) is 2. The quantitative estimate of drug-likeness (QED) is 0.139. The molecule has 0 spiro atoms. The zero-order valence-corrected chi connectivity index (χ0v) is 20.7. The van der Waals surface area contributed by atoms with Gasteiger partial charge in [-0.3, -0.25) is 4.79 Å². The molecule has 198 valence electrons. The van der Waals surface area contributed by atoms with E-state index in [1.54, 1.807) is 54.9 Å². The van der Waals surface area contributed by atoms with Gasteiger partial charge in [-0.15, -0.1) is 0 Å². The number of aromatic nitrogens is 2. The lowest BCUT2D eigenvalue weighted by atomic mass is 9.88. The van der Waals surface area contributed by atoms with Crippen LogP contribution in [0.4, 0.5) is 19.0 Å². The minimum atomic E-state index is -5.27. The van der Waals surface area contributed by atoms with Crippen molar-refractivity contribution in [3.63, 3.8) is 0 Å². The number of carbonyl (C=O) groups excluding carboxylic acids is 2. The average molecular weight is 546 g/mol. The van der Waals surface area contributed by atoms with E-state index in [0.717, 1.165) is 17.6 Å². The van der Waals surface area contributed by atoms with Gasteiger partial charge in [0.05, 0.1) is 13.0 Å². The summed E-state index contributed by atoms with van der Waals surface area (Å²) in [7, 11) is 0. The van der Waals surface area contributed by atoms with E-state index in [-0.39, 0.29) is 0 Å². The average Bonchev–Trinajstić information content (AvgIpc) is 3.30. The fourth-order valence-electron chi connectivity index (χ4n) is 3.95. The molecule has 1 atom stereocenters. The monoisotopic (exact) mass is 545 g/mol. The number of nitrogens with one attached hydrogen (secondary N) is 2. The molecule has 0 saturated carbocycles. The molecule has 0 aliphatic carbocycles. The summed E-state index contributed by atoms with van der Waals surface area (Å²) in [6.07, 6.45) is -1.67. The molecule has 0 amide bonds. The van der Waals surface area contributed by atoms with Crippen LogP contribution in [0.5, 0.6) is 5.75 Å². The van der Waals surface area contributed by atoms with E-state index in [0.29, 0.717) is 40.6 Å². The van der Waals surface area contributed by atoms with Gasteiger partial charge in [0.1, 0.15) is 11.6 Å². The maximum absolute atomic E-state index is 12.6. The van der Waals surface area contributed by atoms with Gasteiger partial charge in [0, 0.05) is 46.8 Å². The van der Waals surface area contributed by atoms with Gasteiger partial charge in [-0.05, 0) is 53.9 Å². The highest BCUT2D eigenvalue weighted by Gasteiger charge is 2.42.